The summed E-state index contributed by atoms with van der Waals surface area (Å²) in [7, 11) is 3.38. The van der Waals surface area contributed by atoms with Gasteiger partial charge in [0.25, 0.3) is 0 Å². The van der Waals surface area contributed by atoms with E-state index in [-0.39, 0.29) is 0 Å². The second-order valence-corrected chi connectivity index (χ2v) is 26.2. The van der Waals surface area contributed by atoms with Crippen molar-refractivity contribution in [3.8, 4) is 11.5 Å². The molecule has 0 unspecified atom stereocenters. The first-order chi connectivity index (χ1) is 12.0. The average molecular weight is 447 g/mol. The van der Waals surface area contributed by atoms with E-state index in [1.807, 2.05) is 58.4 Å². The van der Waals surface area contributed by atoms with E-state index in [4.69, 9.17) is 33.1 Å². The Kier molecular flexibility index (Phi) is 6.19. The monoisotopic (exact) mass is 446 g/mol. The van der Waals surface area contributed by atoms with Gasteiger partial charge in [0.15, 0.2) is 6.40 Å². The minimum Gasteiger partial charge on any atom is -0.497 e. The number of benzene rings is 2. The molecule has 0 spiro atoms. The predicted molar refractivity (Wildman–Crippen MR) is 121 cm³/mol. The third-order valence-electron chi connectivity index (χ3n) is 3.34. The lowest BCUT2D eigenvalue weighted by Gasteiger charge is -2.40. The molecule has 2 aromatic carbocycles. The van der Waals surface area contributed by atoms with Gasteiger partial charge in [-0.25, -0.2) is 0 Å². The molecular weight excluding hydrogens is 430 g/mol. The van der Waals surface area contributed by atoms with Crippen molar-refractivity contribution in [3.63, 3.8) is 0 Å². The summed E-state index contributed by atoms with van der Waals surface area (Å²) in [4.78, 5) is 0. The lowest BCUT2D eigenvalue weighted by molar-refractivity contribution is 0.415. The number of nitrogens with one attached hydrogen (secondary N) is 1. The number of rotatable bonds is 6. The molecule has 0 aromatic heterocycles. The molecule has 1 aliphatic heterocycles. The summed E-state index contributed by atoms with van der Waals surface area (Å²) in [5.74, 6) is 1.58. The smallest absolute Gasteiger partial charge is 0.199 e. The third kappa shape index (κ3) is 4.26. The number of methoxy groups -OCH3 is 1. The lowest BCUT2D eigenvalue weighted by Crippen LogP contribution is -2.09. The van der Waals surface area contributed by atoms with E-state index in [9.17, 15) is 0 Å². The molecule has 0 amide bonds. The van der Waals surface area contributed by atoms with Gasteiger partial charge in [0.05, 0.1) is 16.0 Å². The molecule has 0 bridgehead atoms. The normalized spacial score (nSPS) is 25.4. The highest BCUT2D eigenvalue weighted by Gasteiger charge is 2.45. The minimum absolute atomic E-state index is 0.731. The van der Waals surface area contributed by atoms with Crippen LogP contribution in [0.1, 0.15) is 0 Å². The molecule has 1 heterocycles. The van der Waals surface area contributed by atoms with Crippen LogP contribution >= 0.6 is 30.9 Å². The Hall–Kier alpha value is -0.490. The SMILES string of the molecule is CNN=COc1ccc(P2(=S)SP(=S)(c3ccc(OC)cc3)S2)cc1. The zero-order valence-corrected chi connectivity index (χ0v) is 18.5. The van der Waals surface area contributed by atoms with Gasteiger partial charge >= 0.3 is 0 Å². The molecule has 132 valence electrons. The van der Waals surface area contributed by atoms with Crippen LogP contribution in [0, 0.1) is 0 Å². The van der Waals surface area contributed by atoms with Gasteiger partial charge in [-0.2, -0.15) is 0 Å². The minimum atomic E-state index is -1.72. The molecule has 0 atom stereocenters. The highest BCUT2D eigenvalue weighted by atomic mass is 33.7. The quantitative estimate of drug-likeness (QED) is 0.307. The van der Waals surface area contributed by atoms with Crippen molar-refractivity contribution in [1.29, 1.82) is 0 Å². The second kappa shape index (κ2) is 8.03. The van der Waals surface area contributed by atoms with Gasteiger partial charge in [-0.05, 0) is 48.5 Å². The zero-order chi connectivity index (χ0) is 17.9. The molecule has 3 rings (SSSR count). The maximum atomic E-state index is 5.94. The Morgan fingerprint density at radius 1 is 0.920 bits per heavy atom. The molecule has 1 fully saturated rings. The van der Waals surface area contributed by atoms with Crippen LogP contribution in [0.3, 0.4) is 0 Å². The van der Waals surface area contributed by atoms with Crippen LogP contribution in [-0.4, -0.2) is 20.6 Å². The van der Waals surface area contributed by atoms with E-state index in [0.29, 0.717) is 0 Å². The molecule has 0 aliphatic carbocycles. The van der Waals surface area contributed by atoms with Crippen molar-refractivity contribution in [1.82, 2.24) is 5.43 Å². The second-order valence-electron chi connectivity index (χ2n) is 4.93. The maximum Gasteiger partial charge on any atom is 0.199 e. The Morgan fingerprint density at radius 2 is 1.40 bits per heavy atom. The summed E-state index contributed by atoms with van der Waals surface area (Å²) in [6.07, 6.45) is 1.37. The molecule has 1 N–H and O–H groups in total. The molecule has 0 saturated carbocycles. The average Bonchev–Trinajstić information content (AvgIpc) is 2.61. The standard InChI is InChI=1S/C15H16N2O2P2S4/c1-16-17-11-19-13-5-9-15(10-6-13)21(23)24-20(22,25-21)14-7-3-12(18-2)4-8-14/h3-11,16H,1-2H3. The number of hydrogen-bond donors (Lipinski definition) is 1. The van der Waals surface area contributed by atoms with E-state index < -0.39 is 8.88 Å². The van der Waals surface area contributed by atoms with Gasteiger partial charge in [-0.15, -0.1) is 5.10 Å². The third-order valence-corrected chi connectivity index (χ3v) is 34.6. The molecule has 4 nitrogen and oxygen atoms in total. The highest BCUT2D eigenvalue weighted by Crippen LogP contribution is 3.04. The van der Waals surface area contributed by atoms with Crippen LogP contribution in [-0.2, 0) is 23.6 Å². The van der Waals surface area contributed by atoms with Crippen molar-refractivity contribution in [2.75, 3.05) is 14.2 Å². The van der Waals surface area contributed by atoms with E-state index >= 15 is 0 Å². The number of hydrogen-bond acceptors (Lipinski definition) is 8. The van der Waals surface area contributed by atoms with E-state index in [0.717, 1.165) is 11.5 Å². The van der Waals surface area contributed by atoms with Crippen LogP contribution in [0.5, 0.6) is 11.5 Å². The molecule has 10 heteroatoms. The number of nitrogens with zero attached hydrogens (tertiary/aromatic N) is 1. The predicted octanol–water partition coefficient (Wildman–Crippen LogP) is 4.29. The number of hydrazone groups is 1. The molecule has 1 aliphatic rings. The van der Waals surface area contributed by atoms with Crippen LogP contribution in [0.15, 0.2) is 53.6 Å². The highest BCUT2D eigenvalue weighted by molar-refractivity contribution is 9.48. The molecule has 0 radical (unpaired) electrons. The zero-order valence-electron chi connectivity index (χ0n) is 13.5. The maximum absolute atomic E-state index is 5.94. The molecule has 2 aromatic rings. The van der Waals surface area contributed by atoms with Crippen LogP contribution in [0.25, 0.3) is 0 Å². The largest absolute Gasteiger partial charge is 0.497 e. The summed E-state index contributed by atoms with van der Waals surface area (Å²) in [6, 6.07) is 16.0. The van der Waals surface area contributed by atoms with Gasteiger partial charge in [-0.1, -0.05) is 45.6 Å². The lowest BCUT2D eigenvalue weighted by atomic mass is 10.3. The van der Waals surface area contributed by atoms with Crippen molar-refractivity contribution in [2.24, 2.45) is 5.10 Å². The summed E-state index contributed by atoms with van der Waals surface area (Å²) in [5, 5.41) is 6.16. The van der Waals surface area contributed by atoms with Crippen molar-refractivity contribution >= 4 is 71.5 Å². The Morgan fingerprint density at radius 3 is 1.84 bits per heavy atom. The van der Waals surface area contributed by atoms with Gasteiger partial charge in [0, 0.05) is 17.7 Å². The molecular formula is C15H16N2O2P2S4. The van der Waals surface area contributed by atoms with Gasteiger partial charge in [-0.3, -0.25) is 0 Å². The summed E-state index contributed by atoms with van der Waals surface area (Å²) < 4.78 is 7.18. The fraction of sp³-hybridized carbons (Fsp3) is 0.133. The van der Waals surface area contributed by atoms with Crippen molar-refractivity contribution in [2.45, 2.75) is 0 Å². The first-order valence-corrected chi connectivity index (χ1v) is 16.9. The van der Waals surface area contributed by atoms with Gasteiger partial charge in [0.2, 0.25) is 0 Å². The molecule has 25 heavy (non-hydrogen) atoms. The van der Waals surface area contributed by atoms with Crippen LogP contribution < -0.4 is 25.5 Å². The van der Waals surface area contributed by atoms with Crippen LogP contribution in [0.2, 0.25) is 0 Å². The first-order valence-electron chi connectivity index (χ1n) is 7.22. The van der Waals surface area contributed by atoms with Crippen molar-refractivity contribution < 1.29 is 9.47 Å². The summed E-state index contributed by atoms with van der Waals surface area (Å²) in [6.45, 7) is 0. The summed E-state index contributed by atoms with van der Waals surface area (Å²) in [5.41, 5.74) is 2.63. The summed E-state index contributed by atoms with van der Waals surface area (Å²) >= 11 is 15.5. The van der Waals surface area contributed by atoms with Crippen LogP contribution in [0.4, 0.5) is 0 Å². The molecule has 1 saturated heterocycles. The van der Waals surface area contributed by atoms with Crippen molar-refractivity contribution in [3.05, 3.63) is 48.5 Å². The fourth-order valence-electron chi connectivity index (χ4n) is 2.09. The van der Waals surface area contributed by atoms with E-state index in [1.165, 1.54) is 17.0 Å². The number of ether oxygens (including phenoxy) is 2. The Balaban J connectivity index is 1.71. The fourth-order valence-corrected chi connectivity index (χ4v) is 44.4. The van der Waals surface area contributed by atoms with Gasteiger partial charge in [0.1, 0.15) is 11.5 Å². The van der Waals surface area contributed by atoms with Gasteiger partial charge < -0.3 is 14.9 Å². The van der Waals surface area contributed by atoms with E-state index in [2.05, 4.69) is 22.7 Å². The Bertz CT molecular complexity index is 858. The van der Waals surface area contributed by atoms with E-state index in [1.54, 1.807) is 14.2 Å². The first kappa shape index (κ1) is 19.3. The Labute approximate surface area is 165 Å². The topological polar surface area (TPSA) is 42.9 Å².